The van der Waals surface area contributed by atoms with Crippen molar-refractivity contribution in [2.75, 3.05) is 32.5 Å². The van der Waals surface area contributed by atoms with Crippen molar-refractivity contribution in [1.82, 2.24) is 9.80 Å². The van der Waals surface area contributed by atoms with Gasteiger partial charge >= 0.3 is 0 Å². The highest BCUT2D eigenvalue weighted by Crippen LogP contribution is 2.24. The summed E-state index contributed by atoms with van der Waals surface area (Å²) in [6.07, 6.45) is 0.950. The van der Waals surface area contributed by atoms with Crippen molar-refractivity contribution in [2.45, 2.75) is 12.8 Å². The standard InChI is InChI=1S/C22H24ClN3O3/c1-25(2)22(29)18-13-17(8-9-19(18)23)24-21(28)16-12-20(27)26(14-16)11-10-15-6-4-3-5-7-15/h3-9,13,16H,10-12,14H2,1-2H3,(H,24,28). The Morgan fingerprint density at radius 1 is 1.17 bits per heavy atom. The Labute approximate surface area is 175 Å². The molecular formula is C22H24ClN3O3. The number of hydrogen-bond donors (Lipinski definition) is 1. The van der Waals surface area contributed by atoms with Crippen LogP contribution in [0.4, 0.5) is 5.69 Å². The summed E-state index contributed by atoms with van der Waals surface area (Å²) in [6.45, 7) is 0.990. The van der Waals surface area contributed by atoms with E-state index in [2.05, 4.69) is 5.32 Å². The molecule has 1 aliphatic rings. The molecule has 6 nitrogen and oxygen atoms in total. The lowest BCUT2D eigenvalue weighted by Crippen LogP contribution is -2.30. The van der Waals surface area contributed by atoms with Crippen molar-refractivity contribution < 1.29 is 14.4 Å². The molecule has 0 spiro atoms. The smallest absolute Gasteiger partial charge is 0.254 e. The van der Waals surface area contributed by atoms with Gasteiger partial charge in [0.15, 0.2) is 0 Å². The molecule has 0 radical (unpaired) electrons. The van der Waals surface area contributed by atoms with E-state index in [1.54, 1.807) is 37.2 Å². The molecule has 3 rings (SSSR count). The van der Waals surface area contributed by atoms with E-state index in [1.807, 2.05) is 30.3 Å². The first-order chi connectivity index (χ1) is 13.8. The second-order valence-electron chi connectivity index (χ2n) is 7.36. The van der Waals surface area contributed by atoms with Crippen LogP contribution in [0.5, 0.6) is 0 Å². The largest absolute Gasteiger partial charge is 0.345 e. The van der Waals surface area contributed by atoms with Gasteiger partial charge in [0.2, 0.25) is 11.8 Å². The lowest BCUT2D eigenvalue weighted by Gasteiger charge is -2.17. The summed E-state index contributed by atoms with van der Waals surface area (Å²) in [5.74, 6) is -0.900. The third-order valence-electron chi connectivity index (χ3n) is 4.97. The number of anilines is 1. The molecule has 1 atom stereocenters. The van der Waals surface area contributed by atoms with Crippen LogP contribution >= 0.6 is 11.6 Å². The maximum absolute atomic E-state index is 12.7. The fourth-order valence-electron chi connectivity index (χ4n) is 3.32. The fraction of sp³-hybridized carbons (Fsp3) is 0.318. The Hall–Kier alpha value is -2.86. The van der Waals surface area contributed by atoms with E-state index in [0.29, 0.717) is 29.4 Å². The summed E-state index contributed by atoms with van der Waals surface area (Å²) in [4.78, 5) is 40.3. The summed E-state index contributed by atoms with van der Waals surface area (Å²) in [6, 6.07) is 14.7. The first-order valence-corrected chi connectivity index (χ1v) is 9.86. The van der Waals surface area contributed by atoms with Crippen LogP contribution in [0.2, 0.25) is 5.02 Å². The first-order valence-electron chi connectivity index (χ1n) is 9.49. The predicted octanol–water partition coefficient (Wildman–Crippen LogP) is 3.07. The van der Waals surface area contributed by atoms with Gasteiger partial charge in [-0.05, 0) is 30.2 Å². The van der Waals surface area contributed by atoms with E-state index in [1.165, 1.54) is 4.90 Å². The Bertz CT molecular complexity index is 915. The van der Waals surface area contributed by atoms with Crippen LogP contribution in [0.25, 0.3) is 0 Å². The zero-order valence-corrected chi connectivity index (χ0v) is 17.3. The van der Waals surface area contributed by atoms with E-state index in [4.69, 9.17) is 11.6 Å². The number of carbonyl (C=O) groups excluding carboxylic acids is 3. The molecule has 7 heteroatoms. The normalized spacial score (nSPS) is 16.0. The van der Waals surface area contributed by atoms with Crippen molar-refractivity contribution in [2.24, 2.45) is 5.92 Å². The summed E-state index contributed by atoms with van der Waals surface area (Å²) in [7, 11) is 3.27. The highest BCUT2D eigenvalue weighted by Gasteiger charge is 2.34. The summed E-state index contributed by atoms with van der Waals surface area (Å²) in [5.41, 5.74) is 1.97. The Morgan fingerprint density at radius 3 is 2.59 bits per heavy atom. The molecular weight excluding hydrogens is 390 g/mol. The molecule has 29 heavy (non-hydrogen) atoms. The number of rotatable bonds is 6. The van der Waals surface area contributed by atoms with E-state index < -0.39 is 5.92 Å². The van der Waals surface area contributed by atoms with Crippen molar-refractivity contribution in [3.63, 3.8) is 0 Å². The molecule has 152 valence electrons. The molecule has 2 aromatic rings. The summed E-state index contributed by atoms with van der Waals surface area (Å²) in [5, 5.41) is 3.14. The van der Waals surface area contributed by atoms with Crippen molar-refractivity contribution in [3.05, 3.63) is 64.7 Å². The molecule has 0 aromatic heterocycles. The van der Waals surface area contributed by atoms with Gasteiger partial charge in [0, 0.05) is 39.3 Å². The zero-order chi connectivity index (χ0) is 21.0. The quantitative estimate of drug-likeness (QED) is 0.791. The number of halogens is 1. The van der Waals surface area contributed by atoms with Gasteiger partial charge in [-0.3, -0.25) is 14.4 Å². The van der Waals surface area contributed by atoms with Gasteiger partial charge in [-0.15, -0.1) is 0 Å². The lowest BCUT2D eigenvalue weighted by molar-refractivity contribution is -0.128. The second-order valence-corrected chi connectivity index (χ2v) is 7.77. The first kappa shape index (κ1) is 20.9. The van der Waals surface area contributed by atoms with Crippen LogP contribution in [0, 0.1) is 5.92 Å². The third-order valence-corrected chi connectivity index (χ3v) is 5.30. The molecule has 1 heterocycles. The van der Waals surface area contributed by atoms with E-state index in [0.717, 1.165) is 12.0 Å². The number of benzene rings is 2. The van der Waals surface area contributed by atoms with Gasteiger partial charge in [-0.1, -0.05) is 41.9 Å². The Morgan fingerprint density at radius 2 is 1.90 bits per heavy atom. The van der Waals surface area contributed by atoms with E-state index >= 15 is 0 Å². The van der Waals surface area contributed by atoms with Crippen LogP contribution < -0.4 is 5.32 Å². The third kappa shape index (κ3) is 5.15. The average Bonchev–Trinajstić information content (AvgIpc) is 3.09. The van der Waals surface area contributed by atoms with Crippen LogP contribution in [0.1, 0.15) is 22.3 Å². The van der Waals surface area contributed by atoms with Crippen LogP contribution in [-0.2, 0) is 16.0 Å². The van der Waals surface area contributed by atoms with Gasteiger partial charge in [-0.2, -0.15) is 0 Å². The maximum Gasteiger partial charge on any atom is 0.254 e. The van der Waals surface area contributed by atoms with Crippen LogP contribution in [0.3, 0.4) is 0 Å². The Balaban J connectivity index is 1.61. The van der Waals surface area contributed by atoms with Gasteiger partial charge in [0.25, 0.3) is 5.91 Å². The van der Waals surface area contributed by atoms with Crippen LogP contribution in [-0.4, -0.2) is 54.7 Å². The molecule has 1 unspecified atom stereocenters. The zero-order valence-electron chi connectivity index (χ0n) is 16.5. The van der Waals surface area contributed by atoms with Gasteiger partial charge in [0.05, 0.1) is 16.5 Å². The fourth-order valence-corrected chi connectivity index (χ4v) is 3.52. The van der Waals surface area contributed by atoms with Gasteiger partial charge in [-0.25, -0.2) is 0 Å². The predicted molar refractivity (Wildman–Crippen MR) is 113 cm³/mol. The highest BCUT2D eigenvalue weighted by molar-refractivity contribution is 6.34. The topological polar surface area (TPSA) is 69.7 Å². The molecule has 0 aliphatic carbocycles. The number of amides is 3. The minimum absolute atomic E-state index is 0.0133. The lowest BCUT2D eigenvalue weighted by atomic mass is 10.1. The molecule has 1 saturated heterocycles. The van der Waals surface area contributed by atoms with Crippen molar-refractivity contribution in [3.8, 4) is 0 Å². The van der Waals surface area contributed by atoms with Crippen molar-refractivity contribution in [1.29, 1.82) is 0 Å². The van der Waals surface area contributed by atoms with Crippen molar-refractivity contribution >= 4 is 35.0 Å². The summed E-state index contributed by atoms with van der Waals surface area (Å²) >= 11 is 6.11. The number of nitrogens with one attached hydrogen (secondary N) is 1. The second kappa shape index (κ2) is 9.09. The average molecular weight is 414 g/mol. The molecule has 1 aliphatic heterocycles. The van der Waals surface area contributed by atoms with Gasteiger partial charge in [0.1, 0.15) is 0 Å². The number of likely N-dealkylation sites (tertiary alicyclic amines) is 1. The SMILES string of the molecule is CN(C)C(=O)c1cc(NC(=O)C2CC(=O)N(CCc3ccccc3)C2)ccc1Cl. The number of hydrogen-bond acceptors (Lipinski definition) is 3. The molecule has 1 fully saturated rings. The van der Waals surface area contributed by atoms with Crippen LogP contribution in [0.15, 0.2) is 48.5 Å². The monoisotopic (exact) mass is 413 g/mol. The molecule has 0 saturated carbocycles. The molecule has 0 bridgehead atoms. The highest BCUT2D eigenvalue weighted by atomic mass is 35.5. The number of carbonyl (C=O) groups is 3. The van der Waals surface area contributed by atoms with E-state index in [-0.39, 0.29) is 24.1 Å². The van der Waals surface area contributed by atoms with Gasteiger partial charge < -0.3 is 15.1 Å². The molecule has 2 aromatic carbocycles. The summed E-state index contributed by atoms with van der Waals surface area (Å²) < 4.78 is 0. The Kier molecular flexibility index (Phi) is 6.54. The number of nitrogens with zero attached hydrogens (tertiary/aromatic N) is 2. The molecule has 1 N–H and O–H groups in total. The minimum Gasteiger partial charge on any atom is -0.345 e. The minimum atomic E-state index is -0.415. The molecule has 3 amide bonds. The van der Waals surface area contributed by atoms with E-state index in [9.17, 15) is 14.4 Å². The maximum atomic E-state index is 12.7.